The lowest BCUT2D eigenvalue weighted by atomic mass is 10.2. The van der Waals surface area contributed by atoms with Gasteiger partial charge in [0.2, 0.25) is 0 Å². The molecule has 0 saturated carbocycles. The fourth-order valence-electron chi connectivity index (χ4n) is 2.68. The average molecular weight is 516 g/mol. The van der Waals surface area contributed by atoms with Crippen LogP contribution in [0, 0.1) is 20.2 Å². The molecular formula is C21H18BrN5O6. The van der Waals surface area contributed by atoms with E-state index in [1.165, 1.54) is 30.5 Å². The number of nitrogens with zero attached hydrogens (tertiary/aromatic N) is 4. The molecular weight excluding hydrogens is 498 g/mol. The third-order valence-corrected chi connectivity index (χ3v) is 4.91. The Morgan fingerprint density at radius 1 is 1.06 bits per heavy atom. The molecule has 0 aliphatic heterocycles. The van der Waals surface area contributed by atoms with E-state index in [4.69, 9.17) is 9.47 Å². The number of nitro benzene ring substituents is 1. The largest absolute Gasteiger partial charge is 0.490 e. The molecule has 11 nitrogen and oxygen atoms in total. The van der Waals surface area contributed by atoms with E-state index in [1.54, 1.807) is 24.3 Å². The second-order valence-electron chi connectivity index (χ2n) is 6.50. The van der Waals surface area contributed by atoms with Gasteiger partial charge in [0.25, 0.3) is 11.4 Å². The molecule has 0 saturated heterocycles. The highest BCUT2D eigenvalue weighted by molar-refractivity contribution is 9.10. The molecule has 1 heterocycles. The molecule has 12 heteroatoms. The minimum atomic E-state index is -0.533. The first-order chi connectivity index (χ1) is 15.9. The summed E-state index contributed by atoms with van der Waals surface area (Å²) in [6, 6.07) is 12.4. The minimum absolute atomic E-state index is 0.0103. The molecule has 0 atom stereocenters. The quantitative estimate of drug-likeness (QED) is 0.223. The summed E-state index contributed by atoms with van der Waals surface area (Å²) in [5.41, 5.74) is 3.90. The van der Waals surface area contributed by atoms with Gasteiger partial charge in [-0.25, -0.2) is 4.98 Å². The zero-order valence-corrected chi connectivity index (χ0v) is 18.9. The Bertz CT molecular complexity index is 1190. The van der Waals surface area contributed by atoms with E-state index in [2.05, 4.69) is 31.4 Å². The average Bonchev–Trinajstić information content (AvgIpc) is 2.80. The van der Waals surface area contributed by atoms with E-state index in [0.717, 1.165) is 6.20 Å². The Hall–Kier alpha value is -4.06. The molecule has 1 N–H and O–H groups in total. The summed E-state index contributed by atoms with van der Waals surface area (Å²) in [4.78, 5) is 24.6. The number of hydrazone groups is 1. The molecule has 0 spiro atoms. The second-order valence-corrected chi connectivity index (χ2v) is 7.35. The molecule has 0 unspecified atom stereocenters. The fourth-order valence-corrected chi connectivity index (χ4v) is 3.10. The smallest absolute Gasteiger partial charge is 0.287 e. The number of benzene rings is 2. The number of nitro groups is 2. The number of hydrogen-bond acceptors (Lipinski definition) is 9. The maximum absolute atomic E-state index is 11.0. The van der Waals surface area contributed by atoms with Crippen molar-refractivity contribution in [2.75, 3.05) is 12.0 Å². The summed E-state index contributed by atoms with van der Waals surface area (Å²) in [6.45, 7) is 2.35. The highest BCUT2D eigenvalue weighted by Crippen LogP contribution is 2.34. The summed E-state index contributed by atoms with van der Waals surface area (Å²) in [5.74, 6) is 1.27. The number of non-ortho nitro benzene ring substituents is 1. The highest BCUT2D eigenvalue weighted by Gasteiger charge is 2.12. The monoisotopic (exact) mass is 515 g/mol. The Morgan fingerprint density at radius 3 is 2.48 bits per heavy atom. The van der Waals surface area contributed by atoms with Gasteiger partial charge in [-0.05, 0) is 46.6 Å². The second kappa shape index (κ2) is 11.0. The van der Waals surface area contributed by atoms with Gasteiger partial charge in [0.05, 0.1) is 22.7 Å². The van der Waals surface area contributed by atoms with Crippen LogP contribution >= 0.6 is 15.9 Å². The molecule has 3 aromatic rings. The molecule has 0 fully saturated rings. The van der Waals surface area contributed by atoms with E-state index in [9.17, 15) is 20.2 Å². The fraction of sp³-hybridized carbons (Fsp3) is 0.143. The predicted molar refractivity (Wildman–Crippen MR) is 125 cm³/mol. The zero-order chi connectivity index (χ0) is 23.8. The van der Waals surface area contributed by atoms with Crippen molar-refractivity contribution < 1.29 is 19.3 Å². The SMILES string of the molecule is CCOc1cc(/C=N/Nc2ccc([N+](=O)[O-])cn2)c(Br)cc1OCc1cccc([N+](=O)[O-])c1. The lowest BCUT2D eigenvalue weighted by Crippen LogP contribution is -2.02. The van der Waals surface area contributed by atoms with Crippen LogP contribution in [-0.4, -0.2) is 27.7 Å². The first-order valence-electron chi connectivity index (χ1n) is 9.59. The zero-order valence-electron chi connectivity index (χ0n) is 17.3. The normalized spacial score (nSPS) is 10.7. The van der Waals surface area contributed by atoms with Crippen molar-refractivity contribution in [3.8, 4) is 11.5 Å². The van der Waals surface area contributed by atoms with Crippen LogP contribution in [-0.2, 0) is 6.61 Å². The van der Waals surface area contributed by atoms with Gasteiger partial charge in [0.1, 0.15) is 18.6 Å². The topological polar surface area (TPSA) is 142 Å². The standard InChI is InChI=1S/C21H18BrN5O6/c1-2-32-19-9-15(11-24-25-21-7-6-17(12-23-21)27(30)31)18(22)10-20(19)33-13-14-4-3-5-16(8-14)26(28)29/h3-12H,2,13H2,1H3,(H,23,25)/b24-11+. The first-order valence-corrected chi connectivity index (χ1v) is 10.4. The van der Waals surface area contributed by atoms with Crippen molar-refractivity contribution in [2.24, 2.45) is 5.10 Å². The molecule has 1 aromatic heterocycles. The Kier molecular flexibility index (Phi) is 7.86. The van der Waals surface area contributed by atoms with Crippen LogP contribution in [0.4, 0.5) is 17.2 Å². The molecule has 2 aromatic carbocycles. The number of anilines is 1. The van der Waals surface area contributed by atoms with Crippen LogP contribution in [0.15, 0.2) is 64.3 Å². The third-order valence-electron chi connectivity index (χ3n) is 4.22. The molecule has 0 aliphatic carbocycles. The molecule has 0 aliphatic rings. The van der Waals surface area contributed by atoms with Crippen molar-refractivity contribution in [3.63, 3.8) is 0 Å². The van der Waals surface area contributed by atoms with Gasteiger partial charge < -0.3 is 9.47 Å². The van der Waals surface area contributed by atoms with E-state index < -0.39 is 9.85 Å². The summed E-state index contributed by atoms with van der Waals surface area (Å²) < 4.78 is 12.2. The van der Waals surface area contributed by atoms with Crippen LogP contribution in [0.2, 0.25) is 0 Å². The number of nitrogens with one attached hydrogen (secondary N) is 1. The number of halogens is 1. The molecule has 33 heavy (non-hydrogen) atoms. The van der Waals surface area contributed by atoms with E-state index in [0.29, 0.717) is 39.5 Å². The van der Waals surface area contributed by atoms with Gasteiger partial charge in [0.15, 0.2) is 11.5 Å². The Balaban J connectivity index is 1.73. The number of rotatable bonds is 10. The molecule has 0 bridgehead atoms. The maximum Gasteiger partial charge on any atom is 0.287 e. The molecule has 0 radical (unpaired) electrons. The summed E-state index contributed by atoms with van der Waals surface area (Å²) in [7, 11) is 0. The Labute approximate surface area is 196 Å². The predicted octanol–water partition coefficient (Wildman–Crippen LogP) is 5.08. The van der Waals surface area contributed by atoms with Gasteiger partial charge in [-0.2, -0.15) is 5.10 Å². The van der Waals surface area contributed by atoms with Crippen molar-refractivity contribution in [1.82, 2.24) is 4.98 Å². The minimum Gasteiger partial charge on any atom is -0.490 e. The van der Waals surface area contributed by atoms with Crippen molar-refractivity contribution in [3.05, 3.63) is 90.6 Å². The summed E-state index contributed by atoms with van der Waals surface area (Å²) in [5, 5.41) is 25.7. The van der Waals surface area contributed by atoms with Gasteiger partial charge in [-0.3, -0.25) is 25.7 Å². The van der Waals surface area contributed by atoms with Crippen LogP contribution in [0.1, 0.15) is 18.1 Å². The maximum atomic E-state index is 11.0. The molecule has 0 amide bonds. The lowest BCUT2D eigenvalue weighted by molar-refractivity contribution is -0.385. The van der Waals surface area contributed by atoms with Crippen LogP contribution in [0.3, 0.4) is 0 Å². The van der Waals surface area contributed by atoms with Crippen LogP contribution in [0.5, 0.6) is 11.5 Å². The van der Waals surface area contributed by atoms with Crippen LogP contribution < -0.4 is 14.9 Å². The van der Waals surface area contributed by atoms with E-state index >= 15 is 0 Å². The van der Waals surface area contributed by atoms with Gasteiger partial charge in [0, 0.05) is 28.2 Å². The lowest BCUT2D eigenvalue weighted by Gasteiger charge is -2.14. The van der Waals surface area contributed by atoms with Crippen molar-refractivity contribution >= 4 is 39.3 Å². The number of hydrogen-bond donors (Lipinski definition) is 1. The first kappa shape index (κ1) is 23.6. The van der Waals surface area contributed by atoms with Gasteiger partial charge in [-0.1, -0.05) is 12.1 Å². The summed E-state index contributed by atoms with van der Waals surface area (Å²) in [6.07, 6.45) is 2.66. The third kappa shape index (κ3) is 6.46. The van der Waals surface area contributed by atoms with E-state index in [-0.39, 0.29) is 18.0 Å². The number of pyridine rings is 1. The van der Waals surface area contributed by atoms with Crippen LogP contribution in [0.25, 0.3) is 0 Å². The molecule has 170 valence electrons. The highest BCUT2D eigenvalue weighted by atomic mass is 79.9. The molecule has 3 rings (SSSR count). The van der Waals surface area contributed by atoms with Crippen molar-refractivity contribution in [1.29, 1.82) is 0 Å². The van der Waals surface area contributed by atoms with E-state index in [1.807, 2.05) is 6.92 Å². The summed E-state index contributed by atoms with van der Waals surface area (Å²) >= 11 is 3.47. The Morgan fingerprint density at radius 2 is 1.82 bits per heavy atom. The number of aromatic nitrogens is 1. The van der Waals surface area contributed by atoms with Gasteiger partial charge in [-0.15, -0.1) is 0 Å². The number of ether oxygens (including phenoxy) is 2. The van der Waals surface area contributed by atoms with Crippen molar-refractivity contribution in [2.45, 2.75) is 13.5 Å². The van der Waals surface area contributed by atoms with Gasteiger partial charge >= 0.3 is 0 Å².